The monoisotopic (exact) mass is 395 g/mol. The highest BCUT2D eigenvalue weighted by Gasteiger charge is 2.15. The number of hydrogen-bond acceptors (Lipinski definition) is 4. The van der Waals surface area contributed by atoms with Crippen molar-refractivity contribution >= 4 is 28.6 Å². The number of amides is 1. The summed E-state index contributed by atoms with van der Waals surface area (Å²) in [6.45, 7) is 1.94. The van der Waals surface area contributed by atoms with E-state index in [1.807, 2.05) is 67.6 Å². The average Bonchev–Trinajstić information content (AvgIpc) is 2.79. The van der Waals surface area contributed by atoms with Crippen molar-refractivity contribution in [2.75, 3.05) is 0 Å². The van der Waals surface area contributed by atoms with Crippen LogP contribution in [0.2, 0.25) is 0 Å². The quantitative estimate of drug-likeness (QED) is 0.457. The SMILES string of the molecule is C[C@@H](NC(=O)c1ccncc1N=Cc1c(O)ccc2ccccc12)c1ccccc1. The topological polar surface area (TPSA) is 74.6 Å². The van der Waals surface area contributed by atoms with E-state index in [2.05, 4.69) is 15.3 Å². The molecule has 0 saturated carbocycles. The zero-order valence-electron chi connectivity index (χ0n) is 16.5. The lowest BCUT2D eigenvalue weighted by Crippen LogP contribution is -2.26. The Kier molecular flexibility index (Phi) is 5.52. The molecular weight excluding hydrogens is 374 g/mol. The van der Waals surface area contributed by atoms with E-state index >= 15 is 0 Å². The molecule has 1 heterocycles. The number of aromatic hydroxyl groups is 1. The van der Waals surface area contributed by atoms with Crippen LogP contribution in [0.4, 0.5) is 5.69 Å². The molecule has 5 nitrogen and oxygen atoms in total. The van der Waals surface area contributed by atoms with Gasteiger partial charge in [-0.2, -0.15) is 0 Å². The summed E-state index contributed by atoms with van der Waals surface area (Å²) in [6, 6.07) is 22.5. The van der Waals surface area contributed by atoms with Crippen LogP contribution in [-0.4, -0.2) is 22.2 Å². The summed E-state index contributed by atoms with van der Waals surface area (Å²) < 4.78 is 0. The molecule has 4 rings (SSSR count). The van der Waals surface area contributed by atoms with E-state index in [1.165, 1.54) is 0 Å². The summed E-state index contributed by atoms with van der Waals surface area (Å²) >= 11 is 0. The van der Waals surface area contributed by atoms with E-state index < -0.39 is 0 Å². The molecule has 0 spiro atoms. The number of hydrogen-bond donors (Lipinski definition) is 2. The van der Waals surface area contributed by atoms with Gasteiger partial charge in [-0.3, -0.25) is 14.8 Å². The van der Waals surface area contributed by atoms with Crippen LogP contribution in [0.3, 0.4) is 0 Å². The predicted octanol–water partition coefficient (Wildman–Crippen LogP) is 5.18. The molecule has 0 bridgehead atoms. The van der Waals surface area contributed by atoms with Crippen LogP contribution < -0.4 is 5.32 Å². The molecule has 0 fully saturated rings. The standard InChI is InChI=1S/C25H21N3O2/c1-17(18-7-3-2-4-8-18)28-25(30)21-13-14-26-16-23(21)27-15-22-20-10-6-5-9-19(20)11-12-24(22)29/h2-17,29H,1H3,(H,28,30)/t17-/m1/s1. The predicted molar refractivity (Wildman–Crippen MR) is 119 cm³/mol. The maximum atomic E-state index is 12.9. The number of phenolic OH excluding ortho intramolecular Hbond substituents is 1. The first kappa shape index (κ1) is 19.3. The van der Waals surface area contributed by atoms with Crippen molar-refractivity contribution < 1.29 is 9.90 Å². The summed E-state index contributed by atoms with van der Waals surface area (Å²) in [7, 11) is 0. The van der Waals surface area contributed by atoms with Gasteiger partial charge in [-0.25, -0.2) is 0 Å². The third kappa shape index (κ3) is 4.05. The van der Waals surface area contributed by atoms with Gasteiger partial charge in [-0.1, -0.05) is 60.7 Å². The van der Waals surface area contributed by atoms with Crippen molar-refractivity contribution in [1.29, 1.82) is 0 Å². The van der Waals surface area contributed by atoms with Crippen LogP contribution in [0.1, 0.15) is 34.5 Å². The Morgan fingerprint density at radius 2 is 1.80 bits per heavy atom. The van der Waals surface area contributed by atoms with Crippen LogP contribution >= 0.6 is 0 Å². The van der Waals surface area contributed by atoms with Crippen LogP contribution in [-0.2, 0) is 0 Å². The smallest absolute Gasteiger partial charge is 0.254 e. The van der Waals surface area contributed by atoms with Gasteiger partial charge >= 0.3 is 0 Å². The number of pyridine rings is 1. The van der Waals surface area contributed by atoms with E-state index in [4.69, 9.17) is 0 Å². The Bertz CT molecular complexity index is 1220. The summed E-state index contributed by atoms with van der Waals surface area (Å²) in [5, 5.41) is 15.2. The lowest BCUT2D eigenvalue weighted by atomic mass is 10.0. The average molecular weight is 395 g/mol. The highest BCUT2D eigenvalue weighted by atomic mass is 16.3. The molecule has 1 amide bonds. The molecule has 3 aromatic carbocycles. The van der Waals surface area contributed by atoms with E-state index in [0.29, 0.717) is 16.8 Å². The number of carbonyl (C=O) groups excluding carboxylic acids is 1. The Labute approximate surface area is 174 Å². The fourth-order valence-corrected chi connectivity index (χ4v) is 3.33. The third-order valence-corrected chi connectivity index (χ3v) is 4.97. The highest BCUT2D eigenvalue weighted by molar-refractivity contribution is 6.04. The van der Waals surface area contributed by atoms with E-state index in [1.54, 1.807) is 30.7 Å². The Hall–Kier alpha value is -3.99. The third-order valence-electron chi connectivity index (χ3n) is 4.97. The highest BCUT2D eigenvalue weighted by Crippen LogP contribution is 2.27. The van der Waals surface area contributed by atoms with Crippen molar-refractivity contribution in [3.05, 3.63) is 102 Å². The van der Waals surface area contributed by atoms with Crippen LogP contribution in [0.5, 0.6) is 5.75 Å². The molecule has 1 aromatic heterocycles. The number of benzene rings is 3. The Morgan fingerprint density at radius 3 is 2.63 bits per heavy atom. The van der Waals surface area contributed by atoms with E-state index in [9.17, 15) is 9.90 Å². The zero-order chi connectivity index (χ0) is 20.9. The Balaban J connectivity index is 1.63. The molecule has 0 aliphatic carbocycles. The zero-order valence-corrected chi connectivity index (χ0v) is 16.5. The van der Waals surface area contributed by atoms with Gasteiger partial charge in [0.1, 0.15) is 5.75 Å². The summed E-state index contributed by atoms with van der Waals surface area (Å²) in [6.07, 6.45) is 4.68. The number of aromatic nitrogens is 1. The number of fused-ring (bicyclic) bond motifs is 1. The second-order valence-corrected chi connectivity index (χ2v) is 6.98. The molecule has 0 aliphatic rings. The first-order valence-electron chi connectivity index (χ1n) is 9.68. The maximum Gasteiger partial charge on any atom is 0.254 e. The molecule has 0 unspecified atom stereocenters. The van der Waals surface area contributed by atoms with Crippen LogP contribution in [0.15, 0.2) is 90.2 Å². The van der Waals surface area contributed by atoms with Gasteiger partial charge in [0, 0.05) is 18.0 Å². The fourth-order valence-electron chi connectivity index (χ4n) is 3.33. The minimum atomic E-state index is -0.233. The summed E-state index contributed by atoms with van der Waals surface area (Å²) in [5.74, 6) is -0.104. The van der Waals surface area contributed by atoms with Crippen LogP contribution in [0.25, 0.3) is 10.8 Å². The maximum absolute atomic E-state index is 12.9. The normalized spacial score (nSPS) is 12.2. The van der Waals surface area contributed by atoms with Crippen molar-refractivity contribution in [2.24, 2.45) is 4.99 Å². The number of nitrogens with one attached hydrogen (secondary N) is 1. The fraction of sp³-hybridized carbons (Fsp3) is 0.0800. The first-order valence-corrected chi connectivity index (χ1v) is 9.68. The van der Waals surface area contributed by atoms with Gasteiger partial charge in [0.15, 0.2) is 0 Å². The molecule has 0 aliphatic heterocycles. The molecular formula is C25H21N3O2. The van der Waals surface area contributed by atoms with Gasteiger partial charge < -0.3 is 10.4 Å². The number of rotatable bonds is 5. The number of carbonyl (C=O) groups is 1. The van der Waals surface area contributed by atoms with Gasteiger partial charge in [-0.15, -0.1) is 0 Å². The van der Waals surface area contributed by atoms with Gasteiger partial charge in [-0.05, 0) is 35.4 Å². The van der Waals surface area contributed by atoms with Gasteiger partial charge in [0.05, 0.1) is 23.5 Å². The molecule has 5 heteroatoms. The van der Waals surface area contributed by atoms with E-state index in [0.717, 1.165) is 16.3 Å². The molecule has 1 atom stereocenters. The molecule has 4 aromatic rings. The summed E-state index contributed by atoms with van der Waals surface area (Å²) in [4.78, 5) is 21.5. The lowest BCUT2D eigenvalue weighted by molar-refractivity contribution is 0.0940. The van der Waals surface area contributed by atoms with Gasteiger partial charge in [0.2, 0.25) is 0 Å². The summed E-state index contributed by atoms with van der Waals surface area (Å²) in [5.41, 5.74) is 2.47. The minimum absolute atomic E-state index is 0.130. The number of nitrogens with zero attached hydrogens (tertiary/aromatic N) is 2. The van der Waals surface area contributed by atoms with Gasteiger partial charge in [0.25, 0.3) is 5.91 Å². The lowest BCUT2D eigenvalue weighted by Gasteiger charge is -2.15. The van der Waals surface area contributed by atoms with Crippen LogP contribution in [0, 0.1) is 0 Å². The van der Waals surface area contributed by atoms with Crippen molar-refractivity contribution in [3.8, 4) is 5.75 Å². The van der Waals surface area contributed by atoms with Crippen molar-refractivity contribution in [3.63, 3.8) is 0 Å². The minimum Gasteiger partial charge on any atom is -0.507 e. The number of aliphatic imine (C=N–C) groups is 1. The largest absolute Gasteiger partial charge is 0.507 e. The van der Waals surface area contributed by atoms with Crippen molar-refractivity contribution in [1.82, 2.24) is 10.3 Å². The van der Waals surface area contributed by atoms with Crippen molar-refractivity contribution in [2.45, 2.75) is 13.0 Å². The van der Waals surface area contributed by atoms with E-state index in [-0.39, 0.29) is 17.7 Å². The first-order chi connectivity index (χ1) is 14.6. The second kappa shape index (κ2) is 8.57. The molecule has 2 N–H and O–H groups in total. The molecule has 148 valence electrons. The molecule has 0 saturated heterocycles. The second-order valence-electron chi connectivity index (χ2n) is 6.98. The molecule has 0 radical (unpaired) electrons. The molecule has 30 heavy (non-hydrogen) atoms. The Morgan fingerprint density at radius 1 is 1.03 bits per heavy atom. The number of phenols is 1.